The van der Waals surface area contributed by atoms with Gasteiger partial charge in [0.1, 0.15) is 0 Å². The molecule has 1 aromatic heterocycles. The van der Waals surface area contributed by atoms with Crippen molar-refractivity contribution in [3.63, 3.8) is 0 Å². The number of anilines is 2. The standard InChI is InChI=1S/C31H36F3N7O2/c1-4-40(17-20-8-10-22(11-9-20)29(42)43)28-15-24-7-5-6-23(24)14-25(28)19-41(30-36-38-39(3)37-30)18-21-12-26(31(32,33)34)16-27(13-21)35-2/h12-16,20,22H,4-11,17-19H2,1,3H3,(H,42,43)/t20-,22-. The SMILES string of the molecule is [C-]#[N+]c1cc(CN(Cc2cc3c(cc2N(CC)C[C@H]2CC[C@H](C(=O)O)CC2)CCC3)c2nnn(C)n2)cc(C(F)(F)F)c1. The molecule has 0 atom stereocenters. The zero-order chi connectivity index (χ0) is 30.7. The topological polar surface area (TPSA) is 91.7 Å². The number of fused-ring (bicyclic) bond motifs is 1. The zero-order valence-corrected chi connectivity index (χ0v) is 24.4. The van der Waals surface area contributed by atoms with Crippen molar-refractivity contribution in [2.75, 3.05) is 22.9 Å². The van der Waals surface area contributed by atoms with E-state index in [9.17, 15) is 23.1 Å². The number of benzene rings is 2. The molecule has 0 bridgehead atoms. The highest BCUT2D eigenvalue weighted by atomic mass is 19.4. The minimum atomic E-state index is -4.58. The van der Waals surface area contributed by atoms with Gasteiger partial charge in [0.05, 0.1) is 19.5 Å². The van der Waals surface area contributed by atoms with Crippen LogP contribution in [0.2, 0.25) is 0 Å². The second-order valence-electron chi connectivity index (χ2n) is 11.6. The van der Waals surface area contributed by atoms with Crippen LogP contribution in [0.4, 0.5) is 30.5 Å². The van der Waals surface area contributed by atoms with E-state index in [0.29, 0.717) is 30.9 Å². The molecule has 3 aromatic rings. The number of carbonyl (C=O) groups is 1. The molecule has 2 aromatic carbocycles. The van der Waals surface area contributed by atoms with Gasteiger partial charge in [-0.25, -0.2) is 4.85 Å². The van der Waals surface area contributed by atoms with E-state index in [1.54, 1.807) is 7.05 Å². The van der Waals surface area contributed by atoms with Crippen LogP contribution in [0.15, 0.2) is 30.3 Å². The number of aromatic nitrogens is 4. The number of hydrogen-bond acceptors (Lipinski definition) is 6. The lowest BCUT2D eigenvalue weighted by molar-refractivity contribution is -0.143. The van der Waals surface area contributed by atoms with Gasteiger partial charge in [0.25, 0.3) is 5.95 Å². The largest absolute Gasteiger partial charge is 0.481 e. The highest BCUT2D eigenvalue weighted by Crippen LogP contribution is 2.37. The van der Waals surface area contributed by atoms with E-state index in [4.69, 9.17) is 6.57 Å². The lowest BCUT2D eigenvalue weighted by Crippen LogP contribution is -2.34. The second-order valence-corrected chi connectivity index (χ2v) is 11.6. The second kappa shape index (κ2) is 12.6. The van der Waals surface area contributed by atoms with Crippen molar-refractivity contribution in [2.24, 2.45) is 18.9 Å². The molecule has 2 aliphatic rings. The van der Waals surface area contributed by atoms with Crippen LogP contribution in [0.5, 0.6) is 0 Å². The highest BCUT2D eigenvalue weighted by Gasteiger charge is 2.32. The average molecular weight is 596 g/mol. The van der Waals surface area contributed by atoms with Gasteiger partial charge in [-0.1, -0.05) is 17.2 Å². The van der Waals surface area contributed by atoms with Gasteiger partial charge in [-0.15, -0.1) is 5.10 Å². The molecule has 0 saturated heterocycles. The Morgan fingerprint density at radius 1 is 1.07 bits per heavy atom. The summed E-state index contributed by atoms with van der Waals surface area (Å²) in [5.41, 5.74) is 4.07. The molecule has 0 amide bonds. The minimum absolute atomic E-state index is 0.0555. The number of nitrogens with zero attached hydrogens (tertiary/aromatic N) is 7. The quantitative estimate of drug-likeness (QED) is 0.280. The third-order valence-electron chi connectivity index (χ3n) is 8.64. The van der Waals surface area contributed by atoms with Crippen LogP contribution in [0.3, 0.4) is 0 Å². The number of carboxylic acid groups (broad SMARTS) is 1. The molecule has 1 saturated carbocycles. The van der Waals surface area contributed by atoms with Crippen molar-refractivity contribution in [1.29, 1.82) is 0 Å². The molecule has 9 nitrogen and oxygen atoms in total. The molecule has 0 unspecified atom stereocenters. The van der Waals surface area contributed by atoms with Gasteiger partial charge in [0.15, 0.2) is 5.69 Å². The first-order valence-electron chi connectivity index (χ1n) is 14.7. The van der Waals surface area contributed by atoms with E-state index < -0.39 is 17.7 Å². The maximum absolute atomic E-state index is 13.7. The summed E-state index contributed by atoms with van der Waals surface area (Å²) in [6.07, 6.45) is 1.56. The summed E-state index contributed by atoms with van der Waals surface area (Å²) in [6.45, 7) is 11.4. The predicted molar refractivity (Wildman–Crippen MR) is 156 cm³/mol. The Balaban J connectivity index is 1.48. The van der Waals surface area contributed by atoms with Gasteiger partial charge < -0.3 is 14.9 Å². The Morgan fingerprint density at radius 2 is 1.79 bits per heavy atom. The Labute approximate surface area is 249 Å². The number of alkyl halides is 3. The molecule has 0 spiro atoms. The van der Waals surface area contributed by atoms with E-state index >= 15 is 0 Å². The molecule has 1 N–H and O–H groups in total. The van der Waals surface area contributed by atoms with Crippen molar-refractivity contribution in [3.8, 4) is 0 Å². The molecular weight excluding hydrogens is 559 g/mol. The van der Waals surface area contributed by atoms with E-state index in [1.165, 1.54) is 22.0 Å². The van der Waals surface area contributed by atoms with Gasteiger partial charge in [-0.05, 0) is 103 Å². The normalized spacial score (nSPS) is 18.2. The maximum atomic E-state index is 13.7. The molecule has 1 heterocycles. The van der Waals surface area contributed by atoms with Gasteiger partial charge in [0.2, 0.25) is 0 Å². The number of tetrazole rings is 1. The Kier molecular flexibility index (Phi) is 8.89. The summed E-state index contributed by atoms with van der Waals surface area (Å²) in [6, 6.07) is 7.88. The Bertz CT molecular complexity index is 1510. The van der Waals surface area contributed by atoms with Crippen LogP contribution in [0.1, 0.15) is 66.8 Å². The minimum Gasteiger partial charge on any atom is -0.481 e. The number of halogens is 3. The third kappa shape index (κ3) is 7.09. The fourth-order valence-corrected chi connectivity index (χ4v) is 6.40. The van der Waals surface area contributed by atoms with Gasteiger partial charge in [-0.3, -0.25) is 4.79 Å². The summed E-state index contributed by atoms with van der Waals surface area (Å²) in [7, 11) is 1.63. The zero-order valence-electron chi connectivity index (χ0n) is 24.4. The summed E-state index contributed by atoms with van der Waals surface area (Å²) in [4.78, 5) is 20.2. The summed E-state index contributed by atoms with van der Waals surface area (Å²) >= 11 is 0. The van der Waals surface area contributed by atoms with E-state index in [-0.39, 0.29) is 24.1 Å². The average Bonchev–Trinajstić information content (AvgIpc) is 3.63. The molecule has 1 fully saturated rings. The van der Waals surface area contributed by atoms with Crippen LogP contribution in [-0.2, 0) is 43.9 Å². The van der Waals surface area contributed by atoms with Crippen LogP contribution in [0.25, 0.3) is 4.85 Å². The number of hydrogen-bond donors (Lipinski definition) is 1. The van der Waals surface area contributed by atoms with Gasteiger partial charge in [0, 0.05) is 37.4 Å². The van der Waals surface area contributed by atoms with Gasteiger partial charge >= 0.3 is 12.1 Å². The van der Waals surface area contributed by atoms with Crippen LogP contribution in [-0.4, -0.2) is 44.4 Å². The highest BCUT2D eigenvalue weighted by molar-refractivity contribution is 5.70. The molecule has 228 valence electrons. The molecule has 12 heteroatoms. The van der Waals surface area contributed by atoms with E-state index in [2.05, 4.69) is 44.2 Å². The summed E-state index contributed by atoms with van der Waals surface area (Å²) in [5.74, 6) is -0.319. The number of carboxylic acids is 1. The van der Waals surface area contributed by atoms with Gasteiger partial charge in [-0.2, -0.15) is 18.0 Å². The molecule has 2 aliphatic carbocycles. The van der Waals surface area contributed by atoms with Crippen molar-refractivity contribution in [3.05, 3.63) is 69.6 Å². The number of aryl methyl sites for hydroxylation is 3. The first-order valence-corrected chi connectivity index (χ1v) is 14.7. The lowest BCUT2D eigenvalue weighted by Gasteiger charge is -2.34. The molecular formula is C31H36F3N7O2. The molecule has 0 radical (unpaired) electrons. The monoisotopic (exact) mass is 595 g/mol. The number of aliphatic carboxylic acids is 1. The van der Waals surface area contributed by atoms with Crippen LogP contribution < -0.4 is 9.80 Å². The van der Waals surface area contributed by atoms with Crippen molar-refractivity contribution in [2.45, 2.75) is 71.1 Å². The fourth-order valence-electron chi connectivity index (χ4n) is 6.40. The lowest BCUT2D eigenvalue weighted by atomic mass is 9.81. The Morgan fingerprint density at radius 3 is 2.40 bits per heavy atom. The Hall–Kier alpha value is -4.14. The predicted octanol–water partition coefficient (Wildman–Crippen LogP) is 6.19. The summed E-state index contributed by atoms with van der Waals surface area (Å²) in [5, 5.41) is 22.0. The summed E-state index contributed by atoms with van der Waals surface area (Å²) < 4.78 is 41.0. The smallest absolute Gasteiger partial charge is 0.415 e. The van der Waals surface area contributed by atoms with Crippen molar-refractivity contribution in [1.82, 2.24) is 20.2 Å². The van der Waals surface area contributed by atoms with Crippen LogP contribution >= 0.6 is 0 Å². The molecule has 0 aliphatic heterocycles. The first kappa shape index (κ1) is 30.3. The first-order chi connectivity index (χ1) is 20.5. The third-order valence-corrected chi connectivity index (χ3v) is 8.64. The van der Waals surface area contributed by atoms with Crippen molar-refractivity contribution >= 4 is 23.3 Å². The fraction of sp³-hybridized carbons (Fsp3) is 0.516. The molecule has 43 heavy (non-hydrogen) atoms. The van der Waals surface area contributed by atoms with E-state index in [0.717, 1.165) is 68.6 Å². The van der Waals surface area contributed by atoms with Crippen molar-refractivity contribution < 1.29 is 23.1 Å². The molecule has 5 rings (SSSR count). The number of rotatable bonds is 10. The van der Waals surface area contributed by atoms with E-state index in [1.807, 2.05) is 4.90 Å². The van der Waals surface area contributed by atoms with Crippen LogP contribution in [0, 0.1) is 18.4 Å². The maximum Gasteiger partial charge on any atom is 0.415 e.